The molecule has 1 aliphatic carbocycles. The minimum absolute atomic E-state index is 0.0620. The van der Waals surface area contributed by atoms with Gasteiger partial charge in [-0.1, -0.05) is 13.8 Å². The number of hydrogen-bond donors (Lipinski definition) is 1. The van der Waals surface area contributed by atoms with Crippen LogP contribution in [0.3, 0.4) is 0 Å². The predicted molar refractivity (Wildman–Crippen MR) is 70.2 cm³/mol. The molecule has 0 spiro atoms. The van der Waals surface area contributed by atoms with E-state index in [9.17, 15) is 14.7 Å². The first-order chi connectivity index (χ1) is 8.20. The summed E-state index contributed by atoms with van der Waals surface area (Å²) >= 11 is 0. The van der Waals surface area contributed by atoms with Crippen molar-refractivity contribution in [1.29, 1.82) is 0 Å². The van der Waals surface area contributed by atoms with E-state index in [0.717, 1.165) is 0 Å². The number of nitrogens with zero attached hydrogens (tertiary/aromatic N) is 1. The molecular formula is C14H25NO3. The Morgan fingerprint density at radius 3 is 2.17 bits per heavy atom. The molecule has 1 aliphatic rings. The van der Waals surface area contributed by atoms with Gasteiger partial charge in [0.2, 0.25) is 5.91 Å². The van der Waals surface area contributed by atoms with Crippen LogP contribution in [0, 0.1) is 17.3 Å². The Hall–Kier alpha value is -1.06. The monoisotopic (exact) mass is 255 g/mol. The van der Waals surface area contributed by atoms with Gasteiger partial charge < -0.3 is 10.0 Å². The van der Waals surface area contributed by atoms with Crippen molar-refractivity contribution in [2.24, 2.45) is 17.3 Å². The molecule has 1 rings (SSSR count). The molecule has 2 atom stereocenters. The van der Waals surface area contributed by atoms with Crippen LogP contribution in [0.25, 0.3) is 0 Å². The molecule has 1 N–H and O–H groups in total. The number of rotatable bonds is 6. The molecule has 4 nitrogen and oxygen atoms in total. The van der Waals surface area contributed by atoms with Crippen molar-refractivity contribution in [3.05, 3.63) is 0 Å². The Morgan fingerprint density at radius 2 is 1.83 bits per heavy atom. The van der Waals surface area contributed by atoms with E-state index in [4.69, 9.17) is 0 Å². The highest BCUT2D eigenvalue weighted by Gasteiger charge is 2.41. The van der Waals surface area contributed by atoms with E-state index in [-0.39, 0.29) is 24.3 Å². The fraction of sp³-hybridized carbons (Fsp3) is 0.857. The van der Waals surface area contributed by atoms with Gasteiger partial charge in [-0.2, -0.15) is 0 Å². The molecule has 4 heteroatoms. The number of hydrogen-bond acceptors (Lipinski definition) is 2. The first kappa shape index (κ1) is 15.0. The van der Waals surface area contributed by atoms with Crippen molar-refractivity contribution in [3.8, 4) is 0 Å². The highest BCUT2D eigenvalue weighted by atomic mass is 16.4. The molecule has 104 valence electrons. The molecule has 0 aromatic carbocycles. The number of carboxylic acid groups (broad SMARTS) is 1. The third-order valence-corrected chi connectivity index (χ3v) is 4.59. The van der Waals surface area contributed by atoms with E-state index in [2.05, 4.69) is 0 Å². The maximum Gasteiger partial charge on any atom is 0.310 e. The SMILES string of the molecule is CC(C1CC1)N(C)C(=O)CC(C)(C(=O)O)C(C)C. The third-order valence-electron chi connectivity index (χ3n) is 4.59. The zero-order valence-corrected chi connectivity index (χ0v) is 12.1. The van der Waals surface area contributed by atoms with Crippen molar-refractivity contribution in [1.82, 2.24) is 4.90 Å². The minimum atomic E-state index is -0.978. The normalized spacial score (nSPS) is 20.3. The zero-order valence-electron chi connectivity index (χ0n) is 12.1. The van der Waals surface area contributed by atoms with Crippen LogP contribution in [0.2, 0.25) is 0 Å². The first-order valence-corrected chi connectivity index (χ1v) is 6.69. The van der Waals surface area contributed by atoms with Gasteiger partial charge in [-0.05, 0) is 38.5 Å². The number of carboxylic acids is 1. The molecule has 2 unspecified atom stereocenters. The Kier molecular flexibility index (Phi) is 4.41. The Balaban J connectivity index is 2.69. The van der Waals surface area contributed by atoms with Crippen LogP contribution in [0.1, 0.15) is 47.0 Å². The highest BCUT2D eigenvalue weighted by molar-refractivity contribution is 5.85. The van der Waals surface area contributed by atoms with Crippen LogP contribution in [0.5, 0.6) is 0 Å². The lowest BCUT2D eigenvalue weighted by molar-refractivity contribution is -0.155. The van der Waals surface area contributed by atoms with E-state index < -0.39 is 11.4 Å². The van der Waals surface area contributed by atoms with Gasteiger partial charge in [-0.25, -0.2) is 0 Å². The van der Waals surface area contributed by atoms with Gasteiger partial charge in [0.25, 0.3) is 0 Å². The van der Waals surface area contributed by atoms with Crippen LogP contribution in [0.15, 0.2) is 0 Å². The van der Waals surface area contributed by atoms with Gasteiger partial charge in [0.15, 0.2) is 0 Å². The van der Waals surface area contributed by atoms with E-state index in [1.807, 2.05) is 20.8 Å². The van der Waals surface area contributed by atoms with E-state index >= 15 is 0 Å². The van der Waals surface area contributed by atoms with E-state index in [1.165, 1.54) is 12.8 Å². The molecule has 0 radical (unpaired) electrons. The zero-order chi connectivity index (χ0) is 14.1. The Labute approximate surface area is 109 Å². The van der Waals surface area contributed by atoms with Crippen LogP contribution in [0.4, 0.5) is 0 Å². The molecule has 0 heterocycles. The summed E-state index contributed by atoms with van der Waals surface area (Å²) in [6, 6.07) is 0.225. The second kappa shape index (κ2) is 5.29. The summed E-state index contributed by atoms with van der Waals surface area (Å²) < 4.78 is 0. The molecule has 1 saturated carbocycles. The highest BCUT2D eigenvalue weighted by Crippen LogP contribution is 2.36. The summed E-state index contributed by atoms with van der Waals surface area (Å²) in [5.74, 6) is -0.413. The van der Waals surface area contributed by atoms with Crippen molar-refractivity contribution >= 4 is 11.9 Å². The molecule has 0 bridgehead atoms. The Bertz CT molecular complexity index is 336. The van der Waals surface area contributed by atoms with Crippen LogP contribution >= 0.6 is 0 Å². The van der Waals surface area contributed by atoms with Crippen molar-refractivity contribution in [3.63, 3.8) is 0 Å². The fourth-order valence-corrected chi connectivity index (χ4v) is 2.09. The van der Waals surface area contributed by atoms with E-state index in [0.29, 0.717) is 5.92 Å². The summed E-state index contributed by atoms with van der Waals surface area (Å²) in [5.41, 5.74) is -0.978. The Morgan fingerprint density at radius 1 is 1.33 bits per heavy atom. The number of carbonyl (C=O) groups is 2. The number of aliphatic carboxylic acids is 1. The standard InChI is InChI=1S/C14H25NO3/c1-9(2)14(4,13(17)18)8-12(16)15(5)10(3)11-6-7-11/h9-11H,6-8H2,1-5H3,(H,17,18). The summed E-state index contributed by atoms with van der Waals surface area (Å²) in [7, 11) is 1.79. The lowest BCUT2D eigenvalue weighted by Crippen LogP contribution is -2.43. The van der Waals surface area contributed by atoms with Crippen LogP contribution in [-0.2, 0) is 9.59 Å². The quantitative estimate of drug-likeness (QED) is 0.792. The topological polar surface area (TPSA) is 57.6 Å². The molecule has 18 heavy (non-hydrogen) atoms. The van der Waals surface area contributed by atoms with Gasteiger partial charge in [0.1, 0.15) is 0 Å². The summed E-state index contributed by atoms with van der Waals surface area (Å²) in [4.78, 5) is 25.3. The summed E-state index contributed by atoms with van der Waals surface area (Å²) in [5, 5.41) is 9.32. The third kappa shape index (κ3) is 3.03. The maximum atomic E-state index is 12.2. The average molecular weight is 255 g/mol. The molecule has 0 aromatic heterocycles. The lowest BCUT2D eigenvalue weighted by Gasteiger charge is -2.32. The lowest BCUT2D eigenvalue weighted by atomic mass is 9.76. The average Bonchev–Trinajstić information content (AvgIpc) is 3.09. The van der Waals surface area contributed by atoms with Crippen LogP contribution in [-0.4, -0.2) is 35.0 Å². The van der Waals surface area contributed by atoms with Crippen LogP contribution < -0.4 is 0 Å². The van der Waals surface area contributed by atoms with Crippen molar-refractivity contribution < 1.29 is 14.7 Å². The molecule has 0 saturated heterocycles. The largest absolute Gasteiger partial charge is 0.481 e. The predicted octanol–water partition coefficient (Wildman–Crippen LogP) is 2.38. The van der Waals surface area contributed by atoms with Crippen molar-refractivity contribution in [2.45, 2.75) is 53.0 Å². The van der Waals surface area contributed by atoms with Gasteiger partial charge in [-0.3, -0.25) is 9.59 Å². The van der Waals surface area contributed by atoms with Gasteiger partial charge >= 0.3 is 5.97 Å². The minimum Gasteiger partial charge on any atom is -0.481 e. The number of carbonyl (C=O) groups excluding carboxylic acids is 1. The van der Waals surface area contributed by atoms with E-state index in [1.54, 1.807) is 18.9 Å². The smallest absolute Gasteiger partial charge is 0.310 e. The molecule has 1 fully saturated rings. The maximum absolute atomic E-state index is 12.2. The number of amides is 1. The molecule has 0 aliphatic heterocycles. The summed E-state index contributed by atoms with van der Waals surface area (Å²) in [6.07, 6.45) is 2.44. The molecular weight excluding hydrogens is 230 g/mol. The molecule has 1 amide bonds. The van der Waals surface area contributed by atoms with Gasteiger partial charge in [0, 0.05) is 19.5 Å². The van der Waals surface area contributed by atoms with Gasteiger partial charge in [-0.15, -0.1) is 0 Å². The summed E-state index contributed by atoms with van der Waals surface area (Å²) in [6.45, 7) is 7.41. The van der Waals surface area contributed by atoms with Gasteiger partial charge in [0.05, 0.1) is 5.41 Å². The first-order valence-electron chi connectivity index (χ1n) is 6.69. The molecule has 0 aromatic rings. The van der Waals surface area contributed by atoms with Crippen molar-refractivity contribution in [2.75, 3.05) is 7.05 Å². The fourth-order valence-electron chi connectivity index (χ4n) is 2.09. The second-order valence-corrected chi connectivity index (χ2v) is 6.14. The second-order valence-electron chi connectivity index (χ2n) is 6.14.